The number of benzene rings is 3. The van der Waals surface area contributed by atoms with Crippen LogP contribution in [0, 0.1) is 6.92 Å². The maximum absolute atomic E-state index is 12.3. The fourth-order valence-corrected chi connectivity index (χ4v) is 2.17. The molecule has 3 aromatic rings. The molecule has 0 aliphatic rings. The van der Waals surface area contributed by atoms with Crippen LogP contribution in [0.4, 0.5) is 0 Å². The first kappa shape index (κ1) is 14.1. The first-order chi connectivity index (χ1) is 10.7. The van der Waals surface area contributed by atoms with Gasteiger partial charge in [-0.25, -0.2) is 0 Å². The van der Waals surface area contributed by atoms with E-state index in [9.17, 15) is 4.79 Å². The van der Waals surface area contributed by atoms with Crippen molar-refractivity contribution in [3.63, 3.8) is 0 Å². The van der Waals surface area contributed by atoms with Gasteiger partial charge in [0.25, 0.3) is 0 Å². The zero-order valence-electron chi connectivity index (χ0n) is 12.3. The van der Waals surface area contributed by atoms with Crippen molar-refractivity contribution in [3.8, 4) is 11.5 Å². The lowest BCUT2D eigenvalue weighted by molar-refractivity contribution is 0.103. The van der Waals surface area contributed by atoms with Gasteiger partial charge in [-0.05, 0) is 43.3 Å². The average molecular weight is 288 g/mol. The van der Waals surface area contributed by atoms with Gasteiger partial charge >= 0.3 is 0 Å². The van der Waals surface area contributed by atoms with E-state index in [-0.39, 0.29) is 5.78 Å². The van der Waals surface area contributed by atoms with Gasteiger partial charge in [-0.15, -0.1) is 0 Å². The van der Waals surface area contributed by atoms with Gasteiger partial charge in [0.15, 0.2) is 5.78 Å². The summed E-state index contributed by atoms with van der Waals surface area (Å²) in [7, 11) is 0. The topological polar surface area (TPSA) is 26.3 Å². The van der Waals surface area contributed by atoms with Crippen molar-refractivity contribution < 1.29 is 9.53 Å². The second kappa shape index (κ2) is 6.27. The van der Waals surface area contributed by atoms with Gasteiger partial charge in [-0.3, -0.25) is 4.79 Å². The summed E-state index contributed by atoms with van der Waals surface area (Å²) in [5, 5.41) is 0. The molecule has 0 radical (unpaired) electrons. The lowest BCUT2D eigenvalue weighted by Crippen LogP contribution is -2.00. The van der Waals surface area contributed by atoms with Crippen LogP contribution in [0.15, 0.2) is 78.9 Å². The molecule has 3 rings (SSSR count). The molecule has 0 heterocycles. The van der Waals surface area contributed by atoms with E-state index < -0.39 is 0 Å². The fraction of sp³-hybridized carbons (Fsp3) is 0.0500. The van der Waals surface area contributed by atoms with E-state index in [1.54, 1.807) is 12.1 Å². The summed E-state index contributed by atoms with van der Waals surface area (Å²) in [6.45, 7) is 2.04. The van der Waals surface area contributed by atoms with Gasteiger partial charge in [0.2, 0.25) is 0 Å². The Morgan fingerprint density at radius 3 is 1.77 bits per heavy atom. The highest BCUT2D eigenvalue weighted by Gasteiger charge is 2.08. The monoisotopic (exact) mass is 288 g/mol. The average Bonchev–Trinajstić information content (AvgIpc) is 2.58. The Morgan fingerprint density at radius 1 is 0.682 bits per heavy atom. The van der Waals surface area contributed by atoms with Crippen molar-refractivity contribution in [2.75, 3.05) is 0 Å². The number of ketones is 1. The summed E-state index contributed by atoms with van der Waals surface area (Å²) in [5.74, 6) is 1.52. The van der Waals surface area contributed by atoms with Crippen LogP contribution in [0.1, 0.15) is 21.5 Å². The third kappa shape index (κ3) is 3.23. The van der Waals surface area contributed by atoms with Crippen LogP contribution in [0.3, 0.4) is 0 Å². The van der Waals surface area contributed by atoms with E-state index >= 15 is 0 Å². The fourth-order valence-electron chi connectivity index (χ4n) is 2.17. The second-order valence-corrected chi connectivity index (χ2v) is 5.13. The zero-order valence-corrected chi connectivity index (χ0v) is 12.3. The maximum Gasteiger partial charge on any atom is 0.193 e. The van der Waals surface area contributed by atoms with E-state index in [1.807, 2.05) is 73.7 Å². The molecule has 108 valence electrons. The van der Waals surface area contributed by atoms with Crippen LogP contribution in [-0.2, 0) is 0 Å². The minimum absolute atomic E-state index is 0.0162. The van der Waals surface area contributed by atoms with Crippen molar-refractivity contribution in [2.24, 2.45) is 0 Å². The van der Waals surface area contributed by atoms with E-state index in [0.717, 1.165) is 5.75 Å². The maximum atomic E-state index is 12.3. The summed E-state index contributed by atoms with van der Waals surface area (Å²) in [5.41, 5.74) is 2.54. The van der Waals surface area contributed by atoms with Crippen molar-refractivity contribution in [1.82, 2.24) is 0 Å². The quantitative estimate of drug-likeness (QED) is 0.630. The van der Waals surface area contributed by atoms with Crippen LogP contribution in [-0.4, -0.2) is 5.78 Å². The van der Waals surface area contributed by atoms with Crippen molar-refractivity contribution >= 4 is 5.78 Å². The Morgan fingerprint density at radius 2 is 1.18 bits per heavy atom. The SMILES string of the molecule is Cc1ccc(Oc2ccc(C(=O)c3ccccc3)cc2)cc1. The molecule has 3 aromatic carbocycles. The highest BCUT2D eigenvalue weighted by atomic mass is 16.5. The molecule has 0 amide bonds. The first-order valence-corrected chi connectivity index (χ1v) is 7.17. The second-order valence-electron chi connectivity index (χ2n) is 5.13. The molecule has 0 spiro atoms. The summed E-state index contributed by atoms with van der Waals surface area (Å²) in [6, 6.07) is 24.3. The van der Waals surface area contributed by atoms with E-state index in [2.05, 4.69) is 0 Å². The Labute approximate surface area is 130 Å². The van der Waals surface area contributed by atoms with Gasteiger partial charge in [0, 0.05) is 11.1 Å². The van der Waals surface area contributed by atoms with Crippen molar-refractivity contribution in [3.05, 3.63) is 95.6 Å². The molecule has 0 N–H and O–H groups in total. The molecule has 0 unspecified atom stereocenters. The van der Waals surface area contributed by atoms with Crippen LogP contribution in [0.5, 0.6) is 11.5 Å². The van der Waals surface area contributed by atoms with Crippen LogP contribution >= 0.6 is 0 Å². The highest BCUT2D eigenvalue weighted by Crippen LogP contribution is 2.22. The van der Waals surface area contributed by atoms with Crippen molar-refractivity contribution in [2.45, 2.75) is 6.92 Å². The van der Waals surface area contributed by atoms with Crippen LogP contribution in [0.25, 0.3) is 0 Å². The van der Waals surface area contributed by atoms with Crippen LogP contribution in [0.2, 0.25) is 0 Å². The Balaban J connectivity index is 1.75. The molecule has 0 aromatic heterocycles. The summed E-state index contributed by atoms with van der Waals surface area (Å²) in [6.07, 6.45) is 0. The van der Waals surface area contributed by atoms with Gasteiger partial charge in [0.05, 0.1) is 0 Å². The smallest absolute Gasteiger partial charge is 0.193 e. The van der Waals surface area contributed by atoms with E-state index in [4.69, 9.17) is 4.74 Å². The largest absolute Gasteiger partial charge is 0.457 e. The molecule has 0 saturated carbocycles. The highest BCUT2D eigenvalue weighted by molar-refractivity contribution is 6.08. The van der Waals surface area contributed by atoms with E-state index in [1.165, 1.54) is 5.56 Å². The number of hydrogen-bond donors (Lipinski definition) is 0. The molecule has 2 heteroatoms. The Kier molecular flexibility index (Phi) is 4.01. The van der Waals surface area contributed by atoms with Crippen molar-refractivity contribution in [1.29, 1.82) is 0 Å². The number of aryl methyl sites for hydroxylation is 1. The minimum Gasteiger partial charge on any atom is -0.457 e. The Hall–Kier alpha value is -2.87. The summed E-state index contributed by atoms with van der Waals surface area (Å²) in [4.78, 5) is 12.3. The first-order valence-electron chi connectivity index (χ1n) is 7.17. The predicted octanol–water partition coefficient (Wildman–Crippen LogP) is 5.02. The molecule has 0 bridgehead atoms. The molecular weight excluding hydrogens is 272 g/mol. The van der Waals surface area contributed by atoms with E-state index in [0.29, 0.717) is 16.9 Å². The van der Waals surface area contributed by atoms with Gasteiger partial charge in [0.1, 0.15) is 11.5 Å². The molecule has 0 saturated heterocycles. The standard InChI is InChI=1S/C20H16O2/c1-15-7-11-18(12-8-15)22-19-13-9-17(10-14-19)20(21)16-5-3-2-4-6-16/h2-14H,1H3. The third-order valence-electron chi connectivity index (χ3n) is 3.41. The number of carbonyl (C=O) groups is 1. The molecule has 2 nitrogen and oxygen atoms in total. The number of hydrogen-bond acceptors (Lipinski definition) is 2. The number of ether oxygens (including phenoxy) is 1. The lowest BCUT2D eigenvalue weighted by atomic mass is 10.0. The number of carbonyl (C=O) groups excluding carboxylic acids is 1. The molecule has 0 aliphatic carbocycles. The normalized spacial score (nSPS) is 10.2. The zero-order chi connectivity index (χ0) is 15.4. The third-order valence-corrected chi connectivity index (χ3v) is 3.41. The summed E-state index contributed by atoms with van der Waals surface area (Å²) >= 11 is 0. The molecular formula is C20H16O2. The minimum atomic E-state index is 0.0162. The number of rotatable bonds is 4. The molecule has 0 aliphatic heterocycles. The molecule has 22 heavy (non-hydrogen) atoms. The predicted molar refractivity (Wildman–Crippen MR) is 87.6 cm³/mol. The van der Waals surface area contributed by atoms with Gasteiger partial charge < -0.3 is 4.74 Å². The molecule has 0 fully saturated rings. The lowest BCUT2D eigenvalue weighted by Gasteiger charge is -2.07. The summed E-state index contributed by atoms with van der Waals surface area (Å²) < 4.78 is 5.76. The molecule has 0 atom stereocenters. The van der Waals surface area contributed by atoms with Crippen LogP contribution < -0.4 is 4.74 Å². The Bertz CT molecular complexity index is 757. The van der Waals surface area contributed by atoms with Gasteiger partial charge in [-0.1, -0.05) is 48.0 Å². The van der Waals surface area contributed by atoms with Gasteiger partial charge in [-0.2, -0.15) is 0 Å².